The van der Waals surface area contributed by atoms with Crippen molar-refractivity contribution in [2.45, 2.75) is 4.90 Å². The van der Waals surface area contributed by atoms with E-state index in [-0.39, 0.29) is 27.5 Å². The number of benzene rings is 3. The highest BCUT2D eigenvalue weighted by atomic mass is 32.2. The Labute approximate surface area is 169 Å². The topological polar surface area (TPSA) is 118 Å². The maximum atomic E-state index is 13.2. The van der Waals surface area contributed by atoms with Crippen LogP contribution in [0.5, 0.6) is 0 Å². The van der Waals surface area contributed by atoms with Gasteiger partial charge in [0.25, 0.3) is 21.6 Å². The average Bonchev–Trinajstić information content (AvgIpc) is 2.67. The Morgan fingerprint density at radius 3 is 2.13 bits per heavy atom. The Hall–Kier alpha value is -3.86. The number of anilines is 2. The third kappa shape index (κ3) is 4.94. The lowest BCUT2D eigenvalue weighted by molar-refractivity contribution is -0.385. The number of carbonyl (C=O) groups excluding carboxylic acids is 1. The van der Waals surface area contributed by atoms with Gasteiger partial charge in [0.2, 0.25) is 0 Å². The van der Waals surface area contributed by atoms with E-state index in [1.807, 2.05) is 0 Å². The highest BCUT2D eigenvalue weighted by molar-refractivity contribution is 7.92. The summed E-state index contributed by atoms with van der Waals surface area (Å²) in [6, 6.07) is 12.3. The minimum atomic E-state index is -4.10. The normalized spacial score (nSPS) is 11.0. The number of sulfonamides is 1. The van der Waals surface area contributed by atoms with Crippen LogP contribution in [0.25, 0.3) is 0 Å². The zero-order chi connectivity index (χ0) is 21.9. The van der Waals surface area contributed by atoms with Crippen molar-refractivity contribution in [2.75, 3.05) is 10.0 Å². The van der Waals surface area contributed by atoms with Gasteiger partial charge in [0.05, 0.1) is 9.82 Å². The van der Waals surface area contributed by atoms with Gasteiger partial charge >= 0.3 is 0 Å². The Kier molecular flexibility index (Phi) is 5.74. The number of nitrogens with zero attached hydrogens (tertiary/aromatic N) is 1. The number of rotatable bonds is 6. The van der Waals surface area contributed by atoms with E-state index in [1.165, 1.54) is 36.4 Å². The molecule has 3 aromatic carbocycles. The lowest BCUT2D eigenvalue weighted by atomic mass is 10.2. The molecule has 0 spiro atoms. The van der Waals surface area contributed by atoms with Crippen LogP contribution in [-0.2, 0) is 10.0 Å². The molecule has 8 nitrogen and oxygen atoms in total. The summed E-state index contributed by atoms with van der Waals surface area (Å²) < 4.78 is 53.5. The first-order chi connectivity index (χ1) is 14.1. The van der Waals surface area contributed by atoms with Crippen molar-refractivity contribution in [1.82, 2.24) is 0 Å². The van der Waals surface area contributed by atoms with Gasteiger partial charge in [0.15, 0.2) is 0 Å². The quantitative estimate of drug-likeness (QED) is 0.451. The monoisotopic (exact) mass is 433 g/mol. The molecule has 0 saturated carbocycles. The summed E-state index contributed by atoms with van der Waals surface area (Å²) in [5, 5.41) is 13.1. The number of nitro groups is 1. The van der Waals surface area contributed by atoms with Crippen LogP contribution in [0.4, 0.5) is 25.8 Å². The zero-order valence-electron chi connectivity index (χ0n) is 15.0. The molecule has 0 unspecified atom stereocenters. The summed E-state index contributed by atoms with van der Waals surface area (Å²) in [7, 11) is -4.10. The zero-order valence-corrected chi connectivity index (χ0v) is 15.8. The molecule has 2 N–H and O–H groups in total. The van der Waals surface area contributed by atoms with E-state index in [9.17, 15) is 32.1 Å². The van der Waals surface area contributed by atoms with Crippen molar-refractivity contribution in [3.8, 4) is 0 Å². The second-order valence-corrected chi connectivity index (χ2v) is 7.73. The maximum absolute atomic E-state index is 13.2. The number of halogens is 2. The summed E-state index contributed by atoms with van der Waals surface area (Å²) in [5.41, 5.74) is -0.237. The number of hydrogen-bond acceptors (Lipinski definition) is 5. The largest absolute Gasteiger partial charge is 0.322 e. The van der Waals surface area contributed by atoms with E-state index in [0.717, 1.165) is 24.3 Å². The number of carbonyl (C=O) groups is 1. The van der Waals surface area contributed by atoms with Crippen molar-refractivity contribution >= 4 is 33.0 Å². The smallest absolute Gasteiger partial charge is 0.270 e. The fourth-order valence-electron chi connectivity index (χ4n) is 2.50. The van der Waals surface area contributed by atoms with E-state index in [2.05, 4.69) is 10.0 Å². The molecular formula is C19H13F2N3O5S. The summed E-state index contributed by atoms with van der Waals surface area (Å²) in [6.07, 6.45) is 0. The van der Waals surface area contributed by atoms with Gasteiger partial charge in [-0.2, -0.15) is 0 Å². The number of nitrogens with one attached hydrogen (secondary N) is 2. The highest BCUT2D eigenvalue weighted by Gasteiger charge is 2.18. The molecule has 0 aliphatic rings. The molecule has 0 heterocycles. The van der Waals surface area contributed by atoms with E-state index >= 15 is 0 Å². The van der Waals surface area contributed by atoms with Crippen LogP contribution in [0.2, 0.25) is 0 Å². The molecule has 0 radical (unpaired) electrons. The maximum Gasteiger partial charge on any atom is 0.270 e. The predicted octanol–water partition coefficient (Wildman–Crippen LogP) is 3.93. The molecule has 1 amide bonds. The molecular weight excluding hydrogens is 420 g/mol. The molecule has 0 aromatic heterocycles. The van der Waals surface area contributed by atoms with E-state index in [4.69, 9.17) is 0 Å². The number of non-ortho nitro benzene ring substituents is 1. The van der Waals surface area contributed by atoms with Gasteiger partial charge in [-0.15, -0.1) is 0 Å². The molecule has 0 saturated heterocycles. The van der Waals surface area contributed by atoms with Crippen molar-refractivity contribution in [3.05, 3.63) is 94.0 Å². The molecule has 0 bridgehead atoms. The molecule has 0 fully saturated rings. The molecule has 0 aliphatic heterocycles. The Balaban J connectivity index is 1.74. The van der Waals surface area contributed by atoms with Crippen LogP contribution in [0.15, 0.2) is 71.6 Å². The molecule has 154 valence electrons. The standard InChI is InChI=1S/C19H13F2N3O5S/c20-13-8-14(21)10-16(9-13)22-19(25)12-4-6-15(7-5-12)23-30(28,29)18-3-1-2-17(11-18)24(26)27/h1-11,23H,(H,22,25). The lowest BCUT2D eigenvalue weighted by Gasteiger charge is -2.09. The number of amides is 1. The summed E-state index contributed by atoms with van der Waals surface area (Å²) >= 11 is 0. The van der Waals surface area contributed by atoms with Gasteiger partial charge < -0.3 is 5.32 Å². The van der Waals surface area contributed by atoms with E-state index in [0.29, 0.717) is 6.07 Å². The van der Waals surface area contributed by atoms with Crippen LogP contribution >= 0.6 is 0 Å². The average molecular weight is 433 g/mol. The second kappa shape index (κ2) is 8.25. The summed E-state index contributed by atoms with van der Waals surface area (Å²) in [4.78, 5) is 22.0. The fourth-order valence-corrected chi connectivity index (χ4v) is 3.60. The Morgan fingerprint density at radius 2 is 1.53 bits per heavy atom. The van der Waals surface area contributed by atoms with Crippen LogP contribution in [-0.4, -0.2) is 19.2 Å². The SMILES string of the molecule is O=C(Nc1cc(F)cc(F)c1)c1ccc(NS(=O)(=O)c2cccc([N+](=O)[O-])c2)cc1. The van der Waals surface area contributed by atoms with Crippen LogP contribution < -0.4 is 10.0 Å². The molecule has 11 heteroatoms. The van der Waals surface area contributed by atoms with Gasteiger partial charge in [-0.05, 0) is 42.5 Å². The van der Waals surface area contributed by atoms with Crippen molar-refractivity contribution in [3.63, 3.8) is 0 Å². The van der Waals surface area contributed by atoms with Gasteiger partial charge in [0.1, 0.15) is 11.6 Å². The number of nitro benzene ring substituents is 1. The molecule has 3 aromatic rings. The predicted molar refractivity (Wildman–Crippen MR) is 105 cm³/mol. The molecule has 0 aliphatic carbocycles. The van der Waals surface area contributed by atoms with Crippen LogP contribution in [0.3, 0.4) is 0 Å². The first-order valence-corrected chi connectivity index (χ1v) is 9.77. The first kappa shape index (κ1) is 20.9. The van der Waals surface area contributed by atoms with Crippen LogP contribution in [0.1, 0.15) is 10.4 Å². The number of hydrogen-bond donors (Lipinski definition) is 2. The van der Waals surface area contributed by atoms with E-state index < -0.39 is 32.5 Å². The minimum absolute atomic E-state index is 0.0760. The van der Waals surface area contributed by atoms with Crippen molar-refractivity contribution < 1.29 is 26.9 Å². The van der Waals surface area contributed by atoms with Crippen LogP contribution in [0, 0.1) is 21.7 Å². The van der Waals surface area contributed by atoms with Crippen molar-refractivity contribution in [2.24, 2.45) is 0 Å². The Morgan fingerprint density at radius 1 is 0.900 bits per heavy atom. The Bertz CT molecular complexity index is 1210. The van der Waals surface area contributed by atoms with Gasteiger partial charge in [-0.1, -0.05) is 6.07 Å². The van der Waals surface area contributed by atoms with Gasteiger partial charge in [-0.25, -0.2) is 17.2 Å². The van der Waals surface area contributed by atoms with Gasteiger partial charge in [-0.3, -0.25) is 19.6 Å². The van der Waals surface area contributed by atoms with E-state index in [1.54, 1.807) is 0 Å². The third-order valence-corrected chi connectivity index (χ3v) is 5.24. The summed E-state index contributed by atoms with van der Waals surface area (Å²) in [6.45, 7) is 0. The minimum Gasteiger partial charge on any atom is -0.322 e. The molecule has 30 heavy (non-hydrogen) atoms. The first-order valence-electron chi connectivity index (χ1n) is 8.29. The fraction of sp³-hybridized carbons (Fsp3) is 0. The third-order valence-electron chi connectivity index (χ3n) is 3.86. The highest BCUT2D eigenvalue weighted by Crippen LogP contribution is 2.21. The second-order valence-electron chi connectivity index (χ2n) is 6.05. The van der Waals surface area contributed by atoms with Gasteiger partial charge in [0, 0.05) is 35.1 Å². The molecule has 3 rings (SSSR count). The lowest BCUT2D eigenvalue weighted by Crippen LogP contribution is -2.14. The summed E-state index contributed by atoms with van der Waals surface area (Å²) in [5.74, 6) is -2.36. The molecule has 0 atom stereocenters. The van der Waals surface area contributed by atoms with Crippen molar-refractivity contribution in [1.29, 1.82) is 0 Å².